The molecule has 1 rings (SSSR count). The molecule has 0 saturated heterocycles. The molecule has 1 heterocycles. The van der Waals surface area contributed by atoms with Gasteiger partial charge in [0.05, 0.1) is 0 Å². The molecule has 0 spiro atoms. The zero-order valence-electron chi connectivity index (χ0n) is 9.90. The van der Waals surface area contributed by atoms with Gasteiger partial charge in [-0.2, -0.15) is 15.0 Å². The molecule has 0 aliphatic heterocycles. The number of rotatable bonds is 6. The van der Waals surface area contributed by atoms with Crippen molar-refractivity contribution >= 4 is 17.8 Å². The highest BCUT2D eigenvalue weighted by atomic mass is 15.2. The van der Waals surface area contributed by atoms with E-state index in [4.69, 9.17) is 11.5 Å². The van der Waals surface area contributed by atoms with Gasteiger partial charge in [-0.15, -0.1) is 0 Å². The average molecular weight is 224 g/mol. The van der Waals surface area contributed by atoms with Crippen LogP contribution in [0.1, 0.15) is 39.5 Å². The molecule has 0 fully saturated rings. The molecule has 0 bridgehead atoms. The van der Waals surface area contributed by atoms with Crippen LogP contribution in [0.2, 0.25) is 0 Å². The normalized spacial score (nSPS) is 10.7. The number of aromatic nitrogens is 3. The van der Waals surface area contributed by atoms with E-state index in [9.17, 15) is 0 Å². The van der Waals surface area contributed by atoms with E-state index in [1.54, 1.807) is 0 Å². The van der Waals surface area contributed by atoms with Crippen molar-refractivity contribution in [2.45, 2.75) is 45.6 Å². The van der Waals surface area contributed by atoms with E-state index in [0.29, 0.717) is 12.0 Å². The van der Waals surface area contributed by atoms with Crippen LogP contribution in [0.3, 0.4) is 0 Å². The Morgan fingerprint density at radius 1 is 1.00 bits per heavy atom. The summed E-state index contributed by atoms with van der Waals surface area (Å²) in [5, 5.41) is 3.24. The molecule has 1 aromatic rings. The minimum absolute atomic E-state index is 0.154. The van der Waals surface area contributed by atoms with E-state index in [1.165, 1.54) is 0 Å². The van der Waals surface area contributed by atoms with Crippen LogP contribution < -0.4 is 16.8 Å². The fraction of sp³-hybridized carbons (Fsp3) is 0.700. The molecule has 90 valence electrons. The first-order valence-corrected chi connectivity index (χ1v) is 5.69. The number of anilines is 3. The molecule has 6 heteroatoms. The fourth-order valence-electron chi connectivity index (χ4n) is 1.64. The Bertz CT molecular complexity index is 301. The second kappa shape index (κ2) is 6.09. The molecule has 1 aromatic heterocycles. The molecular formula is C10H20N6. The summed E-state index contributed by atoms with van der Waals surface area (Å²) in [6.07, 6.45) is 4.40. The molecule has 16 heavy (non-hydrogen) atoms. The molecule has 0 saturated carbocycles. The lowest BCUT2D eigenvalue weighted by Crippen LogP contribution is -2.21. The Hall–Kier alpha value is -1.59. The van der Waals surface area contributed by atoms with E-state index in [1.807, 2.05) is 0 Å². The fourth-order valence-corrected chi connectivity index (χ4v) is 1.64. The van der Waals surface area contributed by atoms with Gasteiger partial charge in [0.1, 0.15) is 0 Å². The number of nitrogens with zero attached hydrogens (tertiary/aromatic N) is 3. The van der Waals surface area contributed by atoms with Crippen molar-refractivity contribution in [2.75, 3.05) is 16.8 Å². The minimum atomic E-state index is 0.154. The maximum Gasteiger partial charge on any atom is 0.229 e. The number of hydrogen-bond donors (Lipinski definition) is 3. The van der Waals surface area contributed by atoms with Crippen molar-refractivity contribution in [1.82, 2.24) is 15.0 Å². The zero-order chi connectivity index (χ0) is 12.0. The summed E-state index contributed by atoms with van der Waals surface area (Å²) in [7, 11) is 0. The molecule has 0 atom stereocenters. The first kappa shape index (κ1) is 12.5. The number of nitrogens with one attached hydrogen (secondary N) is 1. The van der Waals surface area contributed by atoms with Gasteiger partial charge in [-0.25, -0.2) is 0 Å². The molecular weight excluding hydrogens is 204 g/mol. The SMILES string of the molecule is CCCC(CCC)Nc1nc(N)nc(N)n1. The van der Waals surface area contributed by atoms with Gasteiger partial charge in [0.25, 0.3) is 0 Å². The van der Waals surface area contributed by atoms with Gasteiger partial charge in [0.15, 0.2) is 0 Å². The van der Waals surface area contributed by atoms with Gasteiger partial charge in [0, 0.05) is 6.04 Å². The van der Waals surface area contributed by atoms with Gasteiger partial charge in [-0.1, -0.05) is 26.7 Å². The summed E-state index contributed by atoms with van der Waals surface area (Å²) in [5.41, 5.74) is 11.0. The maximum atomic E-state index is 5.50. The van der Waals surface area contributed by atoms with Crippen LogP contribution in [0.15, 0.2) is 0 Å². The molecule has 0 unspecified atom stereocenters. The van der Waals surface area contributed by atoms with E-state index < -0.39 is 0 Å². The van der Waals surface area contributed by atoms with E-state index in [-0.39, 0.29) is 11.9 Å². The average Bonchev–Trinajstić information content (AvgIpc) is 2.16. The summed E-state index contributed by atoms with van der Waals surface area (Å²) in [6.45, 7) is 4.31. The molecule has 0 aromatic carbocycles. The van der Waals surface area contributed by atoms with Crippen molar-refractivity contribution < 1.29 is 0 Å². The number of hydrogen-bond acceptors (Lipinski definition) is 6. The van der Waals surface area contributed by atoms with Gasteiger partial charge in [-0.05, 0) is 12.8 Å². The van der Waals surface area contributed by atoms with Crippen LogP contribution in [0.25, 0.3) is 0 Å². The Morgan fingerprint density at radius 3 is 1.94 bits per heavy atom. The summed E-state index contributed by atoms with van der Waals surface area (Å²) in [5.74, 6) is 0.778. The van der Waals surface area contributed by atoms with E-state index in [2.05, 4.69) is 34.1 Å². The highest BCUT2D eigenvalue weighted by molar-refractivity contribution is 5.37. The summed E-state index contributed by atoms with van der Waals surface area (Å²) in [6, 6.07) is 0.371. The molecule has 0 amide bonds. The largest absolute Gasteiger partial charge is 0.368 e. The molecule has 0 aliphatic carbocycles. The Balaban J connectivity index is 2.68. The Morgan fingerprint density at radius 2 is 1.50 bits per heavy atom. The van der Waals surface area contributed by atoms with Crippen molar-refractivity contribution in [2.24, 2.45) is 0 Å². The second-order valence-corrected chi connectivity index (χ2v) is 3.79. The van der Waals surface area contributed by atoms with Crippen molar-refractivity contribution in [3.8, 4) is 0 Å². The maximum absolute atomic E-state index is 5.50. The number of nitrogen functional groups attached to an aromatic ring is 2. The summed E-state index contributed by atoms with van der Waals surface area (Å²) >= 11 is 0. The summed E-state index contributed by atoms with van der Waals surface area (Å²) < 4.78 is 0. The predicted molar refractivity (Wildman–Crippen MR) is 65.9 cm³/mol. The molecule has 6 nitrogen and oxygen atoms in total. The standard InChI is InChI=1S/C10H20N6/c1-3-5-7(6-4-2)13-10-15-8(11)14-9(12)16-10/h7H,3-6H2,1-2H3,(H5,11,12,13,14,15,16). The molecule has 5 N–H and O–H groups in total. The van der Waals surface area contributed by atoms with Crippen LogP contribution in [-0.4, -0.2) is 21.0 Å². The Kier molecular flexibility index (Phi) is 4.75. The highest BCUT2D eigenvalue weighted by Gasteiger charge is 2.09. The quantitative estimate of drug-likeness (QED) is 0.675. The van der Waals surface area contributed by atoms with Gasteiger partial charge >= 0.3 is 0 Å². The lowest BCUT2D eigenvalue weighted by atomic mass is 10.1. The third-order valence-electron chi connectivity index (χ3n) is 2.28. The highest BCUT2D eigenvalue weighted by Crippen LogP contribution is 2.11. The van der Waals surface area contributed by atoms with Crippen LogP contribution in [0, 0.1) is 0 Å². The minimum Gasteiger partial charge on any atom is -0.368 e. The lowest BCUT2D eigenvalue weighted by Gasteiger charge is -2.17. The monoisotopic (exact) mass is 224 g/mol. The van der Waals surface area contributed by atoms with Crippen LogP contribution >= 0.6 is 0 Å². The predicted octanol–water partition coefficient (Wildman–Crippen LogP) is 1.42. The third kappa shape index (κ3) is 3.88. The van der Waals surface area contributed by atoms with Gasteiger partial charge in [0.2, 0.25) is 17.8 Å². The first-order valence-electron chi connectivity index (χ1n) is 5.69. The van der Waals surface area contributed by atoms with Crippen LogP contribution in [0.4, 0.5) is 17.8 Å². The summed E-state index contributed by atoms with van der Waals surface area (Å²) in [4.78, 5) is 11.7. The third-order valence-corrected chi connectivity index (χ3v) is 2.28. The number of nitrogens with two attached hydrogens (primary N) is 2. The van der Waals surface area contributed by atoms with E-state index >= 15 is 0 Å². The van der Waals surface area contributed by atoms with Crippen molar-refractivity contribution in [1.29, 1.82) is 0 Å². The lowest BCUT2D eigenvalue weighted by molar-refractivity contribution is 0.582. The van der Waals surface area contributed by atoms with Crippen molar-refractivity contribution in [3.63, 3.8) is 0 Å². The second-order valence-electron chi connectivity index (χ2n) is 3.79. The van der Waals surface area contributed by atoms with Gasteiger partial charge in [-0.3, -0.25) is 0 Å². The smallest absolute Gasteiger partial charge is 0.229 e. The van der Waals surface area contributed by atoms with Crippen LogP contribution in [-0.2, 0) is 0 Å². The van der Waals surface area contributed by atoms with Crippen molar-refractivity contribution in [3.05, 3.63) is 0 Å². The topological polar surface area (TPSA) is 103 Å². The van der Waals surface area contributed by atoms with Crippen LogP contribution in [0.5, 0.6) is 0 Å². The van der Waals surface area contributed by atoms with Gasteiger partial charge < -0.3 is 16.8 Å². The molecule has 0 aliphatic rings. The zero-order valence-corrected chi connectivity index (χ0v) is 9.90. The first-order chi connectivity index (χ1) is 7.65. The Labute approximate surface area is 95.9 Å². The molecule has 0 radical (unpaired) electrons. The van der Waals surface area contributed by atoms with E-state index in [0.717, 1.165) is 25.7 Å².